The van der Waals surface area contributed by atoms with Gasteiger partial charge in [-0.15, -0.1) is 0 Å². The summed E-state index contributed by atoms with van der Waals surface area (Å²) in [4.78, 5) is 49.9. The number of hydrogen-bond donors (Lipinski definition) is 2. The van der Waals surface area contributed by atoms with E-state index in [0.29, 0.717) is 17.0 Å². The minimum absolute atomic E-state index is 0.0424. The Kier molecular flexibility index (Phi) is 21.4. The fourth-order valence-electron chi connectivity index (χ4n) is 4.11. The van der Waals surface area contributed by atoms with Crippen LogP contribution in [0.5, 0.6) is 5.88 Å². The Labute approximate surface area is 292 Å². The summed E-state index contributed by atoms with van der Waals surface area (Å²) in [5.74, 6) is -0.837. The quantitative estimate of drug-likeness (QED) is 0.190. The highest BCUT2D eigenvalue weighted by molar-refractivity contribution is 9.11. The summed E-state index contributed by atoms with van der Waals surface area (Å²) in [5, 5.41) is 12.1. The molecular formula is C35H61BrN4O7. The van der Waals surface area contributed by atoms with E-state index in [9.17, 15) is 19.5 Å². The SMILES string of the molecule is C=C(/C=C(\C)Br)c1nc(C)c(C)nc1O[C@@H]1CC(C(=O)OC)N(C(=O)C(NC(=O)OCC(C)(C)CO)C(C)(C)C)C1.CC.CC.CC. The van der Waals surface area contributed by atoms with Gasteiger partial charge in [0.2, 0.25) is 11.8 Å². The van der Waals surface area contributed by atoms with Crippen molar-refractivity contribution in [1.29, 1.82) is 0 Å². The minimum atomic E-state index is -1.03. The largest absolute Gasteiger partial charge is 0.471 e. The van der Waals surface area contributed by atoms with Gasteiger partial charge in [0.1, 0.15) is 30.5 Å². The summed E-state index contributed by atoms with van der Waals surface area (Å²) in [6, 6.07) is -1.97. The van der Waals surface area contributed by atoms with Crippen LogP contribution in [0.3, 0.4) is 0 Å². The van der Waals surface area contributed by atoms with E-state index in [-0.39, 0.29) is 32.1 Å². The van der Waals surface area contributed by atoms with Gasteiger partial charge in [-0.05, 0) is 42.3 Å². The predicted molar refractivity (Wildman–Crippen MR) is 192 cm³/mol. The third-order valence-electron chi connectivity index (χ3n) is 6.65. The molecule has 2 rings (SSSR count). The molecule has 270 valence electrons. The van der Waals surface area contributed by atoms with E-state index in [1.807, 2.05) is 62.3 Å². The van der Waals surface area contributed by atoms with Gasteiger partial charge in [-0.2, -0.15) is 0 Å². The van der Waals surface area contributed by atoms with Crippen molar-refractivity contribution in [2.45, 2.75) is 122 Å². The first-order valence-corrected chi connectivity index (χ1v) is 17.2. The van der Waals surface area contributed by atoms with Crippen LogP contribution in [0.2, 0.25) is 0 Å². The summed E-state index contributed by atoms with van der Waals surface area (Å²) in [5.41, 5.74) is 1.06. The van der Waals surface area contributed by atoms with Crippen LogP contribution in [-0.4, -0.2) is 83.0 Å². The molecule has 1 aliphatic heterocycles. The zero-order valence-electron chi connectivity index (χ0n) is 31.5. The smallest absolute Gasteiger partial charge is 0.407 e. The van der Waals surface area contributed by atoms with Crippen LogP contribution in [0, 0.1) is 24.7 Å². The van der Waals surface area contributed by atoms with Crippen molar-refractivity contribution in [1.82, 2.24) is 20.2 Å². The van der Waals surface area contributed by atoms with E-state index in [2.05, 4.69) is 37.8 Å². The first-order chi connectivity index (χ1) is 21.9. The van der Waals surface area contributed by atoms with Crippen molar-refractivity contribution >= 4 is 39.5 Å². The molecule has 2 heterocycles. The van der Waals surface area contributed by atoms with E-state index in [0.717, 1.165) is 10.2 Å². The Morgan fingerprint density at radius 3 is 2.06 bits per heavy atom. The number of carbonyl (C=O) groups excluding carboxylic acids is 3. The van der Waals surface area contributed by atoms with Gasteiger partial charge in [0.05, 0.1) is 31.6 Å². The lowest BCUT2D eigenvalue weighted by Crippen LogP contribution is -2.57. The molecule has 11 nitrogen and oxygen atoms in total. The predicted octanol–water partition coefficient (Wildman–Crippen LogP) is 7.16. The monoisotopic (exact) mass is 728 g/mol. The minimum Gasteiger partial charge on any atom is -0.471 e. The molecule has 0 saturated carbocycles. The number of halogens is 1. The van der Waals surface area contributed by atoms with Gasteiger partial charge in [-0.3, -0.25) is 4.79 Å². The van der Waals surface area contributed by atoms with Gasteiger partial charge in [0, 0.05) is 11.8 Å². The average Bonchev–Trinajstić information content (AvgIpc) is 3.45. The number of ether oxygens (including phenoxy) is 3. The average molecular weight is 730 g/mol. The summed E-state index contributed by atoms with van der Waals surface area (Å²) >= 11 is 3.41. The van der Waals surface area contributed by atoms with Crippen LogP contribution in [0.15, 0.2) is 17.1 Å². The number of aliphatic hydroxyl groups is 1. The summed E-state index contributed by atoms with van der Waals surface area (Å²) in [7, 11) is 1.25. The van der Waals surface area contributed by atoms with Gasteiger partial charge in [0.25, 0.3) is 0 Å². The second kappa shape index (κ2) is 21.8. The molecule has 12 heteroatoms. The number of nitrogens with zero attached hydrogens (tertiary/aromatic N) is 3. The molecule has 3 atom stereocenters. The first kappa shape index (κ1) is 46.1. The van der Waals surface area contributed by atoms with Crippen LogP contribution in [0.4, 0.5) is 4.79 Å². The molecule has 1 aromatic heterocycles. The highest BCUT2D eigenvalue weighted by Gasteiger charge is 2.46. The zero-order valence-corrected chi connectivity index (χ0v) is 33.0. The Morgan fingerprint density at radius 1 is 1.06 bits per heavy atom. The molecule has 2 amide bonds. The third-order valence-corrected chi connectivity index (χ3v) is 6.88. The molecule has 0 radical (unpaired) electrons. The number of hydrogen-bond acceptors (Lipinski definition) is 9. The van der Waals surface area contributed by atoms with Crippen LogP contribution in [0.25, 0.3) is 5.57 Å². The van der Waals surface area contributed by atoms with Gasteiger partial charge in [-0.25, -0.2) is 19.6 Å². The molecule has 47 heavy (non-hydrogen) atoms. The number of aromatic nitrogens is 2. The molecule has 2 unspecified atom stereocenters. The third kappa shape index (κ3) is 14.8. The number of allylic oxidation sites excluding steroid dienone is 3. The van der Waals surface area contributed by atoms with Gasteiger partial charge in [-0.1, -0.05) is 98.7 Å². The van der Waals surface area contributed by atoms with Gasteiger partial charge < -0.3 is 29.5 Å². The maximum atomic E-state index is 13.9. The highest BCUT2D eigenvalue weighted by Crippen LogP contribution is 2.31. The van der Waals surface area contributed by atoms with Crippen molar-refractivity contribution in [2.24, 2.45) is 10.8 Å². The van der Waals surface area contributed by atoms with Gasteiger partial charge in [0.15, 0.2) is 0 Å². The van der Waals surface area contributed by atoms with E-state index in [1.165, 1.54) is 12.0 Å². The molecule has 0 aliphatic carbocycles. The van der Waals surface area contributed by atoms with Crippen molar-refractivity contribution in [3.05, 3.63) is 34.2 Å². The second-order valence-electron chi connectivity index (χ2n) is 12.2. The molecule has 0 bridgehead atoms. The number of aliphatic hydroxyl groups excluding tert-OH is 1. The maximum absolute atomic E-state index is 13.9. The topological polar surface area (TPSA) is 140 Å². The lowest BCUT2D eigenvalue weighted by Gasteiger charge is -2.35. The standard InChI is InChI=1S/C29H43BrN4O7.3C2H6/c1-16(11-17(2)30)22-24(32-19(4)18(3)31-22)41-20-12-21(26(37)39-10)34(13-20)25(36)23(28(5,6)7)33-27(38)40-15-29(8,9)14-35;3*1-2/h11,20-21,23,35H,1,12-15H2,2-10H3,(H,33,38);3*1-2H3/b17-11+;;;/t20-,21?,23?;;;/m1.../s1. The molecule has 2 N–H and O–H groups in total. The van der Waals surface area contributed by atoms with E-state index in [4.69, 9.17) is 14.2 Å². The first-order valence-electron chi connectivity index (χ1n) is 16.4. The van der Waals surface area contributed by atoms with Crippen LogP contribution in [-0.2, 0) is 19.1 Å². The number of alkyl carbamates (subject to hydrolysis) is 1. The fraction of sp³-hybridized carbons (Fsp3) is 0.686. The number of amides is 2. The molecule has 0 spiro atoms. The highest BCUT2D eigenvalue weighted by atomic mass is 79.9. The molecule has 0 aromatic carbocycles. The number of nitrogens with one attached hydrogen (secondary N) is 1. The number of rotatable bonds is 10. The molecule has 1 aliphatic rings. The fourth-order valence-corrected chi connectivity index (χ4v) is 4.38. The van der Waals surface area contributed by atoms with Crippen molar-refractivity contribution in [2.75, 3.05) is 26.9 Å². The number of aryl methyl sites for hydroxylation is 2. The summed E-state index contributed by atoms with van der Waals surface area (Å²) < 4.78 is 17.4. The van der Waals surface area contributed by atoms with Crippen molar-refractivity contribution < 1.29 is 33.7 Å². The van der Waals surface area contributed by atoms with E-state index >= 15 is 0 Å². The van der Waals surface area contributed by atoms with Crippen LogP contribution < -0.4 is 10.1 Å². The second-order valence-corrected chi connectivity index (χ2v) is 13.4. The van der Waals surface area contributed by atoms with Gasteiger partial charge >= 0.3 is 12.1 Å². The van der Waals surface area contributed by atoms with E-state index < -0.39 is 47.0 Å². The molecule has 1 aromatic rings. The Morgan fingerprint density at radius 2 is 1.60 bits per heavy atom. The maximum Gasteiger partial charge on any atom is 0.407 e. The normalized spacial score (nSPS) is 16.5. The zero-order chi connectivity index (χ0) is 37.3. The number of carbonyl (C=O) groups is 3. The van der Waals surface area contributed by atoms with Crippen LogP contribution in [0.1, 0.15) is 107 Å². The summed E-state index contributed by atoms with van der Waals surface area (Å²) in [6.45, 7) is 30.3. The van der Waals surface area contributed by atoms with Crippen molar-refractivity contribution in [3.8, 4) is 5.88 Å². The number of likely N-dealkylation sites (tertiary alicyclic amines) is 1. The molecular weight excluding hydrogens is 668 g/mol. The van der Waals surface area contributed by atoms with E-state index in [1.54, 1.807) is 40.7 Å². The lowest BCUT2D eigenvalue weighted by molar-refractivity contribution is -0.152. The number of esters is 1. The Hall–Kier alpha value is -2.99. The number of methoxy groups -OCH3 is 1. The Balaban J connectivity index is 0. The van der Waals surface area contributed by atoms with Crippen molar-refractivity contribution in [3.63, 3.8) is 0 Å². The van der Waals surface area contributed by atoms with Crippen LogP contribution >= 0.6 is 15.9 Å². The lowest BCUT2D eigenvalue weighted by atomic mass is 9.85. The summed E-state index contributed by atoms with van der Waals surface area (Å²) in [6.07, 6.45) is 0.537. The Bertz CT molecular complexity index is 1190. The molecule has 1 fully saturated rings. The molecule has 1 saturated heterocycles.